The summed E-state index contributed by atoms with van der Waals surface area (Å²) in [7, 11) is -9.89. The largest absolute Gasteiger partial charge is 2.00 e. The van der Waals surface area contributed by atoms with Crippen LogP contribution in [0.3, 0.4) is 0 Å². The van der Waals surface area contributed by atoms with Crippen molar-refractivity contribution in [2.24, 2.45) is 0 Å². The molecule has 3 N–H and O–H groups in total. The van der Waals surface area contributed by atoms with Crippen LogP contribution in [-0.4, -0.2) is 52.6 Å². The van der Waals surface area contributed by atoms with E-state index in [0.717, 1.165) is 50.8 Å². The fraction of sp³-hybridized carbons (Fsp3) is 0.375. The summed E-state index contributed by atoms with van der Waals surface area (Å²) >= 11 is 0. The Balaban J connectivity index is 0. The first-order valence-electron chi connectivity index (χ1n) is 15.0. The standard InChI is InChI=1S/C28H35N3O4.2C2H3N.2ClHO4.Cu/c1-2-4-28-27(3-1)34-19-17-32-25-9-5-23(6-10-25)21-30-15-13-29-14-16-31-22-24-7-11-26(12-8-24)33-18-20-35-28;2*1-2-3;2*2-1(3,4)5;/h1-12,29-31H,13-22H2;2*1H3;2*(H,2,3,4,5);/q;;;;;+2/p-2. The summed E-state index contributed by atoms with van der Waals surface area (Å²) in [6, 6.07) is 27.5. The monoisotopic (exact) mass is 820 g/mol. The van der Waals surface area contributed by atoms with Gasteiger partial charge in [0.15, 0.2) is 11.5 Å². The fourth-order valence-electron chi connectivity index (χ4n) is 3.66. The molecule has 3 aromatic rings. The van der Waals surface area contributed by atoms with Crippen LogP contribution in [0.1, 0.15) is 25.0 Å². The number of hydrogen-bond acceptors (Lipinski definition) is 17. The molecule has 1 radical (unpaired) electrons. The molecule has 291 valence electrons. The number of para-hydroxylation sites is 2. The summed E-state index contributed by atoms with van der Waals surface area (Å²) < 4.78 is 91.4. The molecule has 3 aromatic carbocycles. The predicted molar refractivity (Wildman–Crippen MR) is 160 cm³/mol. The van der Waals surface area contributed by atoms with Crippen LogP contribution >= 0.6 is 0 Å². The van der Waals surface area contributed by atoms with E-state index in [-0.39, 0.29) is 17.1 Å². The van der Waals surface area contributed by atoms with Gasteiger partial charge in [0.05, 0.1) is 12.1 Å². The van der Waals surface area contributed by atoms with Crippen molar-refractivity contribution in [3.05, 3.63) is 83.9 Å². The average Bonchev–Trinajstić information content (AvgIpc) is 3.05. The molecule has 0 fully saturated rings. The summed E-state index contributed by atoms with van der Waals surface area (Å²) in [5, 5.41) is 25.0. The minimum atomic E-state index is -4.94. The van der Waals surface area contributed by atoms with Crippen LogP contribution in [0.15, 0.2) is 72.8 Å². The second kappa shape index (κ2) is 31.1. The van der Waals surface area contributed by atoms with Crippen molar-refractivity contribution in [1.82, 2.24) is 16.0 Å². The Morgan fingerprint density at radius 2 is 0.769 bits per heavy atom. The Hall–Kier alpha value is -3.50. The molecule has 20 heteroatoms. The molecule has 0 atom stereocenters. The van der Waals surface area contributed by atoms with Gasteiger partial charge in [0.1, 0.15) is 37.9 Å². The Labute approximate surface area is 317 Å². The van der Waals surface area contributed by atoms with Crippen molar-refractivity contribution >= 4 is 0 Å². The molecule has 4 heterocycles. The van der Waals surface area contributed by atoms with E-state index in [1.54, 1.807) is 12.1 Å². The topological polar surface area (TPSA) is 305 Å². The molecule has 0 aliphatic carbocycles. The second-order valence-corrected chi connectivity index (χ2v) is 10.9. The molecule has 52 heavy (non-hydrogen) atoms. The molecule has 0 spiro atoms. The van der Waals surface area contributed by atoms with Gasteiger partial charge in [-0.2, -0.15) is 10.5 Å². The minimum Gasteiger partial charge on any atom is -0.490 e. The van der Waals surface area contributed by atoms with Crippen LogP contribution in [0.5, 0.6) is 23.0 Å². The average molecular weight is 822 g/mol. The minimum absolute atomic E-state index is 0. The van der Waals surface area contributed by atoms with Gasteiger partial charge >= 0.3 is 17.1 Å². The number of nitrogens with one attached hydrogen (secondary N) is 3. The molecule has 7 rings (SSSR count). The van der Waals surface area contributed by atoms with Gasteiger partial charge in [0.25, 0.3) is 0 Å². The summed E-state index contributed by atoms with van der Waals surface area (Å²) in [4.78, 5) is 0. The van der Waals surface area contributed by atoms with Gasteiger partial charge in [-0.15, -0.1) is 20.5 Å². The summed E-state index contributed by atoms with van der Waals surface area (Å²) in [6.07, 6.45) is 0. The molecule has 4 aliphatic heterocycles. The van der Waals surface area contributed by atoms with E-state index in [1.165, 1.54) is 25.0 Å². The van der Waals surface area contributed by atoms with Gasteiger partial charge in [0.2, 0.25) is 0 Å². The normalized spacial score (nSPS) is 13.8. The fourth-order valence-corrected chi connectivity index (χ4v) is 3.66. The zero-order valence-corrected chi connectivity index (χ0v) is 30.8. The molecule has 4 bridgehead atoms. The van der Waals surface area contributed by atoms with Crippen LogP contribution in [0.4, 0.5) is 0 Å². The SMILES string of the molecule is CC#N.CC#N.[Cu+2].[O-][Cl+3]([O-])([O-])[O-].[O-][Cl+3]([O-])([O-])[O-].c1ccc2c(c1)OCCOc1ccc(cc1)CNCCNCCNCc1ccc(cc1)OCCO2. The zero-order valence-electron chi connectivity index (χ0n) is 28.4. The van der Waals surface area contributed by atoms with Crippen molar-refractivity contribution in [1.29, 1.82) is 10.5 Å². The molecular formula is C32H41Cl2CuN5O12. The smallest absolute Gasteiger partial charge is 0.490 e. The van der Waals surface area contributed by atoms with Crippen LogP contribution in [0, 0.1) is 43.1 Å². The van der Waals surface area contributed by atoms with Gasteiger partial charge in [-0.1, -0.05) is 36.4 Å². The molecule has 0 amide bonds. The molecular weight excluding hydrogens is 781 g/mol. The van der Waals surface area contributed by atoms with Crippen molar-refractivity contribution in [2.75, 3.05) is 52.6 Å². The van der Waals surface area contributed by atoms with E-state index in [1.807, 2.05) is 48.5 Å². The van der Waals surface area contributed by atoms with Gasteiger partial charge in [-0.05, 0) is 47.5 Å². The third-order valence-corrected chi connectivity index (χ3v) is 5.53. The van der Waals surface area contributed by atoms with Gasteiger partial charge in [-0.3, -0.25) is 0 Å². The zero-order chi connectivity index (χ0) is 38.4. The first-order chi connectivity index (χ1) is 24.2. The van der Waals surface area contributed by atoms with E-state index in [0.29, 0.717) is 37.9 Å². The number of hydrogen-bond donors (Lipinski definition) is 3. The molecule has 17 nitrogen and oxygen atoms in total. The second-order valence-electron chi connectivity index (χ2n) is 9.44. The van der Waals surface area contributed by atoms with Crippen molar-refractivity contribution in [3.63, 3.8) is 0 Å². The molecule has 0 aromatic heterocycles. The van der Waals surface area contributed by atoms with E-state index in [2.05, 4.69) is 40.2 Å². The van der Waals surface area contributed by atoms with Crippen LogP contribution in [0.25, 0.3) is 0 Å². The number of ether oxygens (including phenoxy) is 4. The maximum Gasteiger partial charge on any atom is 2.00 e. The summed E-state index contributed by atoms with van der Waals surface area (Å²) in [5.41, 5.74) is 2.46. The van der Waals surface area contributed by atoms with E-state index >= 15 is 0 Å². The quantitative estimate of drug-likeness (QED) is 0.179. The summed E-state index contributed by atoms with van der Waals surface area (Å²) in [6.45, 7) is 9.98. The van der Waals surface area contributed by atoms with E-state index in [4.69, 9.17) is 66.7 Å². The maximum absolute atomic E-state index is 8.49. The van der Waals surface area contributed by atoms with Gasteiger partial charge in [0, 0.05) is 53.1 Å². The Bertz CT molecular complexity index is 1270. The Kier molecular flexibility index (Phi) is 30.2. The van der Waals surface area contributed by atoms with Crippen molar-refractivity contribution in [2.45, 2.75) is 26.9 Å². The number of rotatable bonds is 0. The van der Waals surface area contributed by atoms with Crippen molar-refractivity contribution in [3.8, 4) is 35.1 Å². The first kappa shape index (κ1) is 50.6. The first-order valence-corrected chi connectivity index (χ1v) is 17.4. The van der Waals surface area contributed by atoms with E-state index in [9.17, 15) is 0 Å². The third-order valence-electron chi connectivity index (χ3n) is 5.53. The molecule has 0 saturated carbocycles. The summed E-state index contributed by atoms with van der Waals surface area (Å²) in [5.74, 6) is 3.05. The Morgan fingerprint density at radius 3 is 1.08 bits per heavy atom. The van der Waals surface area contributed by atoms with Crippen LogP contribution < -0.4 is 72.2 Å². The molecule has 0 unspecified atom stereocenters. The van der Waals surface area contributed by atoms with Crippen molar-refractivity contribution < 1.29 is 93.8 Å². The predicted octanol–water partition coefficient (Wildman–Crippen LogP) is -5.07. The Morgan fingerprint density at radius 1 is 0.500 bits per heavy atom. The van der Waals surface area contributed by atoms with Crippen LogP contribution in [0.2, 0.25) is 0 Å². The van der Waals surface area contributed by atoms with Crippen LogP contribution in [-0.2, 0) is 30.2 Å². The number of benzene rings is 3. The third kappa shape index (κ3) is 33.6. The number of halogens is 2. The molecule has 0 saturated heterocycles. The van der Waals surface area contributed by atoms with Gasteiger partial charge in [-0.25, -0.2) is 37.3 Å². The van der Waals surface area contributed by atoms with E-state index < -0.39 is 20.5 Å². The number of nitrogens with zero attached hydrogens (tertiary/aromatic N) is 2. The molecule has 4 aliphatic rings. The number of nitriles is 2. The van der Waals surface area contributed by atoms with Gasteiger partial charge < -0.3 is 34.9 Å². The maximum atomic E-state index is 8.49.